The number of allylic oxidation sites excluding steroid dienone is 1. The van der Waals surface area contributed by atoms with Crippen molar-refractivity contribution >= 4 is 33.2 Å². The van der Waals surface area contributed by atoms with E-state index >= 15 is 0 Å². The molecule has 0 radical (unpaired) electrons. The molecule has 11 heteroatoms. The number of hydrogen-bond acceptors (Lipinski definition) is 5. The minimum Gasteiger partial charge on any atom is -0.505 e. The Hall–Kier alpha value is -4.12. The maximum atomic E-state index is 13.4. The molecule has 0 saturated carbocycles. The predicted octanol–water partition coefficient (Wildman–Crippen LogP) is 4.46. The summed E-state index contributed by atoms with van der Waals surface area (Å²) in [5.74, 6) is -2.51. The molecule has 7 nitrogen and oxygen atoms in total. The van der Waals surface area contributed by atoms with Crippen LogP contribution in [0, 0.1) is 0 Å². The van der Waals surface area contributed by atoms with Gasteiger partial charge in [0.1, 0.15) is 12.2 Å². The maximum Gasteiger partial charge on any atom is 0.416 e. The number of rotatable bonds is 4. The van der Waals surface area contributed by atoms with Crippen LogP contribution in [-0.2, 0) is 21.0 Å². The molecule has 0 spiro atoms. The van der Waals surface area contributed by atoms with Crippen molar-refractivity contribution in [2.45, 2.75) is 11.1 Å². The Morgan fingerprint density at radius 1 is 0.943 bits per heavy atom. The summed E-state index contributed by atoms with van der Waals surface area (Å²) in [5, 5.41) is 13.1. The lowest BCUT2D eigenvalue weighted by atomic mass is 10.0. The topological polar surface area (TPSA) is 104 Å². The summed E-state index contributed by atoms with van der Waals surface area (Å²) in [6, 6.07) is 16.8. The number of nitrogens with zero attached hydrogens (tertiary/aromatic N) is 1. The molecular weight excluding hydrogens is 485 g/mol. The molecule has 180 valence electrons. The molecule has 0 bridgehead atoms. The molecule has 3 aromatic carbocycles. The summed E-state index contributed by atoms with van der Waals surface area (Å²) in [4.78, 5) is 25.6. The van der Waals surface area contributed by atoms with Crippen LogP contribution in [0.3, 0.4) is 0 Å². The van der Waals surface area contributed by atoms with Crippen LogP contribution in [0.25, 0.3) is 5.76 Å². The number of sulfonamides is 1. The molecule has 35 heavy (non-hydrogen) atoms. The SMILES string of the molecule is O=C(CN1/C(=C(/O)c2ccccc2)C(=O)c2ccccc2S1(=O)=O)Nc1cccc(C(F)(F)F)c1. The number of halogens is 3. The second kappa shape index (κ2) is 8.91. The lowest BCUT2D eigenvalue weighted by Gasteiger charge is -2.31. The fourth-order valence-electron chi connectivity index (χ4n) is 3.59. The molecule has 0 fully saturated rings. The fraction of sp³-hybridized carbons (Fsp3) is 0.0833. The number of carbonyl (C=O) groups is 2. The van der Waals surface area contributed by atoms with Gasteiger partial charge in [0.05, 0.1) is 10.5 Å². The van der Waals surface area contributed by atoms with Crippen LogP contribution >= 0.6 is 0 Å². The first kappa shape index (κ1) is 24.0. The van der Waals surface area contributed by atoms with Crippen molar-refractivity contribution in [3.05, 3.63) is 101 Å². The molecule has 0 aliphatic carbocycles. The van der Waals surface area contributed by atoms with E-state index in [9.17, 15) is 36.3 Å². The zero-order valence-corrected chi connectivity index (χ0v) is 18.6. The monoisotopic (exact) mass is 502 g/mol. The van der Waals surface area contributed by atoms with Gasteiger partial charge in [0.25, 0.3) is 10.0 Å². The second-order valence-corrected chi connectivity index (χ2v) is 9.36. The summed E-state index contributed by atoms with van der Waals surface area (Å²) in [7, 11) is -4.48. The van der Waals surface area contributed by atoms with Crippen molar-refractivity contribution in [3.8, 4) is 0 Å². The van der Waals surface area contributed by atoms with E-state index in [1.807, 2.05) is 0 Å². The number of benzene rings is 3. The van der Waals surface area contributed by atoms with E-state index in [0.29, 0.717) is 10.4 Å². The number of alkyl halides is 3. The highest BCUT2D eigenvalue weighted by atomic mass is 32.2. The molecule has 0 saturated heterocycles. The third-order valence-electron chi connectivity index (χ3n) is 5.20. The number of hydrogen-bond donors (Lipinski definition) is 2. The number of carbonyl (C=O) groups excluding carboxylic acids is 2. The van der Waals surface area contributed by atoms with Gasteiger partial charge in [-0.2, -0.15) is 13.2 Å². The van der Waals surface area contributed by atoms with E-state index in [-0.39, 0.29) is 21.7 Å². The fourth-order valence-corrected chi connectivity index (χ4v) is 5.21. The number of nitrogens with one attached hydrogen (secondary N) is 1. The van der Waals surface area contributed by atoms with Crippen LogP contribution in [-0.4, -0.2) is 36.1 Å². The van der Waals surface area contributed by atoms with Crippen LogP contribution < -0.4 is 5.32 Å². The van der Waals surface area contributed by atoms with Crippen LogP contribution in [0.1, 0.15) is 21.5 Å². The van der Waals surface area contributed by atoms with Crippen LogP contribution in [0.5, 0.6) is 0 Å². The molecule has 1 aliphatic rings. The summed E-state index contributed by atoms with van der Waals surface area (Å²) < 4.78 is 66.2. The van der Waals surface area contributed by atoms with Gasteiger partial charge in [-0.25, -0.2) is 12.7 Å². The molecule has 0 aromatic heterocycles. The average molecular weight is 502 g/mol. The van der Waals surface area contributed by atoms with Crippen molar-refractivity contribution in [2.24, 2.45) is 0 Å². The van der Waals surface area contributed by atoms with Gasteiger partial charge in [0.2, 0.25) is 11.7 Å². The zero-order valence-electron chi connectivity index (χ0n) is 17.8. The van der Waals surface area contributed by atoms with Crippen LogP contribution in [0.2, 0.25) is 0 Å². The van der Waals surface area contributed by atoms with Gasteiger partial charge in [-0.15, -0.1) is 0 Å². The minimum absolute atomic E-state index is 0.133. The van der Waals surface area contributed by atoms with Gasteiger partial charge in [-0.3, -0.25) is 9.59 Å². The Morgan fingerprint density at radius 2 is 1.60 bits per heavy atom. The summed E-state index contributed by atoms with van der Waals surface area (Å²) in [6.45, 7) is -0.967. The van der Waals surface area contributed by atoms with Crippen molar-refractivity contribution in [1.29, 1.82) is 0 Å². The highest BCUT2D eigenvalue weighted by Gasteiger charge is 2.42. The number of Topliss-reactive ketones (excluding diaryl/α,β-unsaturated/α-hetero) is 1. The van der Waals surface area contributed by atoms with Gasteiger partial charge < -0.3 is 10.4 Å². The Labute approximate surface area is 198 Å². The second-order valence-electron chi connectivity index (χ2n) is 7.53. The molecule has 0 unspecified atom stereocenters. The average Bonchev–Trinajstić information content (AvgIpc) is 2.83. The van der Waals surface area contributed by atoms with Crippen molar-refractivity contribution in [2.75, 3.05) is 11.9 Å². The van der Waals surface area contributed by atoms with Gasteiger partial charge in [0.15, 0.2) is 5.76 Å². The van der Waals surface area contributed by atoms with E-state index in [2.05, 4.69) is 5.32 Å². The smallest absolute Gasteiger partial charge is 0.416 e. The van der Waals surface area contributed by atoms with Crippen LogP contribution in [0.4, 0.5) is 18.9 Å². The highest BCUT2D eigenvalue weighted by Crippen LogP contribution is 2.35. The third kappa shape index (κ3) is 4.62. The Bertz CT molecular complexity index is 1450. The van der Waals surface area contributed by atoms with Gasteiger partial charge >= 0.3 is 6.18 Å². The summed E-state index contributed by atoms with van der Waals surface area (Å²) in [6.07, 6.45) is -4.65. The molecule has 1 heterocycles. The molecule has 4 rings (SSSR count). The van der Waals surface area contributed by atoms with Crippen molar-refractivity contribution < 1.29 is 36.3 Å². The number of ketones is 1. The van der Waals surface area contributed by atoms with Gasteiger partial charge in [0, 0.05) is 16.8 Å². The van der Waals surface area contributed by atoms with E-state index in [4.69, 9.17) is 0 Å². The minimum atomic E-state index is -4.65. The lowest BCUT2D eigenvalue weighted by Crippen LogP contribution is -2.43. The molecule has 0 atom stereocenters. The summed E-state index contributed by atoms with van der Waals surface area (Å²) >= 11 is 0. The predicted molar refractivity (Wildman–Crippen MR) is 121 cm³/mol. The molecule has 1 amide bonds. The number of anilines is 1. The molecular formula is C24H17F3N2O5S. The molecule has 1 aliphatic heterocycles. The van der Waals surface area contributed by atoms with Crippen molar-refractivity contribution in [3.63, 3.8) is 0 Å². The quantitative estimate of drug-likeness (QED) is 0.405. The highest BCUT2D eigenvalue weighted by molar-refractivity contribution is 7.89. The number of aliphatic hydroxyl groups is 1. The zero-order chi connectivity index (χ0) is 25.4. The van der Waals surface area contributed by atoms with Crippen molar-refractivity contribution in [1.82, 2.24) is 4.31 Å². The first-order valence-corrected chi connectivity index (χ1v) is 11.6. The first-order chi connectivity index (χ1) is 16.5. The van der Waals surface area contributed by atoms with E-state index in [0.717, 1.165) is 12.1 Å². The normalized spacial score (nSPS) is 16.4. The Kier molecular flexibility index (Phi) is 6.12. The Morgan fingerprint density at radius 3 is 2.29 bits per heavy atom. The largest absolute Gasteiger partial charge is 0.505 e. The van der Waals surface area contributed by atoms with E-state index < -0.39 is 51.5 Å². The Balaban J connectivity index is 1.76. The standard InChI is InChI=1S/C24H17F3N2O5S/c25-24(26,27)16-9-6-10-17(13-16)28-20(30)14-29-21(22(31)15-7-2-1-3-8-15)23(32)18-11-4-5-12-19(18)35(29,33)34/h1-13,31H,14H2,(H,28,30)/b22-21+. The maximum absolute atomic E-state index is 13.4. The number of fused-ring (bicyclic) bond motifs is 1. The summed E-state index contributed by atoms with van der Waals surface area (Å²) in [5.41, 5.74) is -1.92. The lowest BCUT2D eigenvalue weighted by molar-refractivity contribution is -0.137. The van der Waals surface area contributed by atoms with Gasteiger partial charge in [-0.1, -0.05) is 48.5 Å². The van der Waals surface area contributed by atoms with Crippen LogP contribution in [0.15, 0.2) is 89.5 Å². The van der Waals surface area contributed by atoms with Gasteiger partial charge in [-0.05, 0) is 30.3 Å². The third-order valence-corrected chi connectivity index (χ3v) is 7.00. The number of amides is 1. The number of aliphatic hydroxyl groups excluding tert-OH is 1. The molecule has 3 aromatic rings. The molecule has 2 N–H and O–H groups in total. The van der Waals surface area contributed by atoms with E-state index in [1.165, 1.54) is 42.5 Å². The van der Waals surface area contributed by atoms with E-state index in [1.54, 1.807) is 18.2 Å². The first-order valence-electron chi connectivity index (χ1n) is 10.1.